The van der Waals surface area contributed by atoms with Crippen LogP contribution in [0.15, 0.2) is 23.9 Å². The topological polar surface area (TPSA) is 72.5 Å². The normalized spacial score (nSPS) is 9.56. The van der Waals surface area contributed by atoms with E-state index in [1.807, 2.05) is 19.9 Å². The van der Waals surface area contributed by atoms with Gasteiger partial charge in [-0.05, 0) is 31.0 Å². The summed E-state index contributed by atoms with van der Waals surface area (Å²) >= 11 is 1.51. The average Bonchev–Trinajstić information content (AvgIpc) is 2.73. The zero-order chi connectivity index (χ0) is 13.1. The molecule has 4 nitrogen and oxygen atoms in total. The predicted molar refractivity (Wildman–Crippen MR) is 72.0 cm³/mol. The van der Waals surface area contributed by atoms with Gasteiger partial charge in [0, 0.05) is 6.20 Å². The summed E-state index contributed by atoms with van der Waals surface area (Å²) in [5, 5.41) is 20.8. The van der Waals surface area contributed by atoms with Crippen molar-refractivity contribution in [3.05, 3.63) is 35.0 Å². The highest BCUT2D eigenvalue weighted by atomic mass is 32.1. The minimum atomic E-state index is 0.0298. The van der Waals surface area contributed by atoms with Gasteiger partial charge in [-0.25, -0.2) is 4.98 Å². The summed E-state index contributed by atoms with van der Waals surface area (Å²) in [7, 11) is 0. The van der Waals surface area contributed by atoms with Crippen molar-refractivity contribution in [2.45, 2.75) is 13.8 Å². The van der Waals surface area contributed by atoms with Crippen LogP contribution in [0, 0.1) is 36.5 Å². The number of thiazole rings is 1. The molecule has 0 fully saturated rings. The molecule has 2 aromatic rings. The number of nitrogens with one attached hydrogen (secondary N) is 1. The van der Waals surface area contributed by atoms with E-state index in [1.165, 1.54) is 28.7 Å². The molecule has 0 amide bonds. The van der Waals surface area contributed by atoms with Gasteiger partial charge in [-0.15, -0.1) is 0 Å². The largest absolute Gasteiger partial charge is 0.336 e. The van der Waals surface area contributed by atoms with Crippen molar-refractivity contribution < 1.29 is 0 Å². The van der Waals surface area contributed by atoms with E-state index >= 15 is 0 Å². The van der Waals surface area contributed by atoms with Gasteiger partial charge in [0.1, 0.15) is 17.7 Å². The number of rotatable bonds is 2. The lowest BCUT2D eigenvalue weighted by Crippen LogP contribution is -1.88. The molecule has 18 heavy (non-hydrogen) atoms. The second kappa shape index (κ2) is 4.87. The number of hydrogen-bond donors (Lipinski definition) is 1. The summed E-state index contributed by atoms with van der Waals surface area (Å²) in [6, 6.07) is 7.71. The molecule has 0 aliphatic rings. The van der Waals surface area contributed by atoms with Gasteiger partial charge in [-0.3, -0.25) is 0 Å². The zero-order valence-corrected chi connectivity index (χ0v) is 10.8. The van der Waals surface area contributed by atoms with Crippen molar-refractivity contribution >= 4 is 26.7 Å². The number of fused-ring (bicyclic) bond motifs is 1. The quantitative estimate of drug-likeness (QED) is 0.835. The monoisotopic (exact) mass is 254 g/mol. The first-order valence-electron chi connectivity index (χ1n) is 5.28. The predicted octanol–water partition coefficient (Wildman–Crippen LogP) is 3.26. The summed E-state index contributed by atoms with van der Waals surface area (Å²) in [4.78, 5) is 4.42. The molecule has 0 saturated heterocycles. The van der Waals surface area contributed by atoms with E-state index in [9.17, 15) is 0 Å². The van der Waals surface area contributed by atoms with E-state index in [0.29, 0.717) is 5.13 Å². The Hall–Kier alpha value is -2.37. The van der Waals surface area contributed by atoms with Crippen LogP contribution in [0.5, 0.6) is 0 Å². The Bertz CT molecular complexity index is 697. The van der Waals surface area contributed by atoms with Crippen LogP contribution in [-0.2, 0) is 0 Å². The number of aromatic nitrogens is 1. The van der Waals surface area contributed by atoms with Gasteiger partial charge in [0.2, 0.25) is 0 Å². The Labute approximate surface area is 109 Å². The standard InChI is InChI=1S/C13H10N4S/c1-8-3-9(2)12-11(4-8)17-13(18-12)16-7-10(5-14)6-15/h3-4,7H,1-2H3,(H,16,17). The molecule has 0 aliphatic heterocycles. The van der Waals surface area contributed by atoms with E-state index in [1.54, 1.807) is 12.1 Å². The van der Waals surface area contributed by atoms with Crippen molar-refractivity contribution in [2.24, 2.45) is 0 Å². The number of benzene rings is 1. The summed E-state index contributed by atoms with van der Waals surface area (Å²) in [5.74, 6) is 0. The molecule has 0 bridgehead atoms. The first-order chi connectivity index (χ1) is 8.63. The van der Waals surface area contributed by atoms with Gasteiger partial charge < -0.3 is 5.32 Å². The Morgan fingerprint density at radius 1 is 1.33 bits per heavy atom. The summed E-state index contributed by atoms with van der Waals surface area (Å²) in [6.45, 7) is 4.07. The van der Waals surface area contributed by atoms with E-state index in [4.69, 9.17) is 10.5 Å². The van der Waals surface area contributed by atoms with E-state index in [-0.39, 0.29) is 5.57 Å². The van der Waals surface area contributed by atoms with Crippen molar-refractivity contribution in [1.29, 1.82) is 10.5 Å². The third kappa shape index (κ3) is 2.32. The Morgan fingerprint density at radius 2 is 2.06 bits per heavy atom. The third-order valence-electron chi connectivity index (χ3n) is 2.40. The lowest BCUT2D eigenvalue weighted by molar-refractivity contribution is 1.39. The van der Waals surface area contributed by atoms with Crippen LogP contribution < -0.4 is 5.32 Å². The minimum absolute atomic E-state index is 0.0298. The molecule has 1 aromatic heterocycles. The number of allylic oxidation sites excluding steroid dienone is 1. The molecular weight excluding hydrogens is 244 g/mol. The molecule has 2 rings (SSSR count). The smallest absolute Gasteiger partial charge is 0.187 e. The maximum atomic E-state index is 8.63. The summed E-state index contributed by atoms with van der Waals surface area (Å²) < 4.78 is 1.12. The molecule has 1 heterocycles. The van der Waals surface area contributed by atoms with Crippen LogP contribution in [-0.4, -0.2) is 4.98 Å². The Morgan fingerprint density at radius 3 is 2.72 bits per heavy atom. The van der Waals surface area contributed by atoms with Gasteiger partial charge in [0.15, 0.2) is 5.13 Å². The molecule has 0 atom stereocenters. The van der Waals surface area contributed by atoms with Crippen molar-refractivity contribution in [3.63, 3.8) is 0 Å². The highest BCUT2D eigenvalue weighted by Gasteiger charge is 2.06. The fraction of sp³-hybridized carbons (Fsp3) is 0.154. The zero-order valence-electron chi connectivity index (χ0n) is 9.98. The summed E-state index contributed by atoms with van der Waals surface area (Å²) in [5.41, 5.74) is 3.31. The van der Waals surface area contributed by atoms with Crippen molar-refractivity contribution in [3.8, 4) is 12.1 Å². The molecule has 1 N–H and O–H groups in total. The number of nitrogens with zero attached hydrogens (tertiary/aromatic N) is 3. The average molecular weight is 254 g/mol. The van der Waals surface area contributed by atoms with Crippen molar-refractivity contribution in [2.75, 3.05) is 5.32 Å². The third-order valence-corrected chi connectivity index (χ3v) is 3.54. The van der Waals surface area contributed by atoms with Gasteiger partial charge in [0.05, 0.1) is 10.2 Å². The van der Waals surface area contributed by atoms with E-state index in [2.05, 4.69) is 16.4 Å². The second-order valence-electron chi connectivity index (χ2n) is 3.88. The molecule has 5 heteroatoms. The highest BCUT2D eigenvalue weighted by molar-refractivity contribution is 7.22. The first-order valence-corrected chi connectivity index (χ1v) is 6.10. The highest BCUT2D eigenvalue weighted by Crippen LogP contribution is 2.29. The number of aryl methyl sites for hydroxylation is 2. The molecule has 0 radical (unpaired) electrons. The first kappa shape index (κ1) is 12.1. The minimum Gasteiger partial charge on any atom is -0.336 e. The SMILES string of the molecule is Cc1cc(C)c2sc(NC=C(C#N)C#N)nc2c1. The molecule has 1 aromatic carbocycles. The van der Waals surface area contributed by atoms with Gasteiger partial charge >= 0.3 is 0 Å². The van der Waals surface area contributed by atoms with Crippen LogP contribution in [0.2, 0.25) is 0 Å². The lowest BCUT2D eigenvalue weighted by atomic mass is 10.1. The second-order valence-corrected chi connectivity index (χ2v) is 4.87. The van der Waals surface area contributed by atoms with Crippen LogP contribution >= 0.6 is 11.3 Å². The van der Waals surface area contributed by atoms with Gasteiger partial charge in [-0.1, -0.05) is 17.4 Å². The van der Waals surface area contributed by atoms with E-state index < -0.39 is 0 Å². The molecule has 0 saturated carbocycles. The molecule has 0 spiro atoms. The van der Waals surface area contributed by atoms with Gasteiger partial charge in [0.25, 0.3) is 0 Å². The number of hydrogen-bond acceptors (Lipinski definition) is 5. The van der Waals surface area contributed by atoms with Crippen LogP contribution in [0.4, 0.5) is 5.13 Å². The Kier molecular flexibility index (Phi) is 3.27. The van der Waals surface area contributed by atoms with E-state index in [0.717, 1.165) is 10.2 Å². The van der Waals surface area contributed by atoms with Crippen LogP contribution in [0.25, 0.3) is 10.2 Å². The van der Waals surface area contributed by atoms with Crippen molar-refractivity contribution in [1.82, 2.24) is 4.98 Å². The molecule has 0 unspecified atom stereocenters. The molecular formula is C13H10N4S. The number of anilines is 1. The lowest BCUT2D eigenvalue weighted by Gasteiger charge is -1.95. The summed E-state index contributed by atoms with van der Waals surface area (Å²) in [6.07, 6.45) is 1.37. The number of nitriles is 2. The molecule has 88 valence electrons. The van der Waals surface area contributed by atoms with Gasteiger partial charge in [-0.2, -0.15) is 10.5 Å². The van der Waals surface area contributed by atoms with Crippen LogP contribution in [0.3, 0.4) is 0 Å². The fourth-order valence-electron chi connectivity index (χ4n) is 1.66. The Balaban J connectivity index is 2.38. The fourth-order valence-corrected chi connectivity index (χ4v) is 2.55. The maximum absolute atomic E-state index is 8.63. The maximum Gasteiger partial charge on any atom is 0.187 e. The van der Waals surface area contributed by atoms with Crippen LogP contribution in [0.1, 0.15) is 11.1 Å². The molecule has 0 aliphatic carbocycles.